The molecule has 0 unspecified atom stereocenters. The molecule has 7 nitrogen and oxygen atoms in total. The Labute approximate surface area is 144 Å². The highest BCUT2D eigenvalue weighted by molar-refractivity contribution is 7.90. The van der Waals surface area contributed by atoms with E-state index in [2.05, 4.69) is 4.40 Å². The minimum absolute atomic E-state index is 0.0305. The van der Waals surface area contributed by atoms with Crippen LogP contribution in [0.25, 0.3) is 0 Å². The fourth-order valence-electron chi connectivity index (χ4n) is 3.06. The van der Waals surface area contributed by atoms with Crippen molar-refractivity contribution in [3.63, 3.8) is 0 Å². The van der Waals surface area contributed by atoms with Gasteiger partial charge in [-0.15, -0.1) is 4.40 Å². The third-order valence-electron chi connectivity index (χ3n) is 4.40. The standard InChI is InChI=1S/C17H15N3O4S/c21-20(22)15-7-3-1-5-12(15)11-19(13-9-10-13)17-14-6-2-4-8-16(14)25(23,24)18-17/h1-8,13H,9-11H2. The molecule has 25 heavy (non-hydrogen) atoms. The Bertz CT molecular complexity index is 996. The smallest absolute Gasteiger partial charge is 0.285 e. The van der Waals surface area contributed by atoms with Gasteiger partial charge in [0.1, 0.15) is 4.90 Å². The van der Waals surface area contributed by atoms with Crippen molar-refractivity contribution in [3.8, 4) is 0 Å². The van der Waals surface area contributed by atoms with E-state index >= 15 is 0 Å². The molecule has 0 amide bonds. The molecule has 1 aliphatic carbocycles. The minimum Gasteiger partial charge on any atom is -0.348 e. The van der Waals surface area contributed by atoms with Crippen LogP contribution in [0.1, 0.15) is 24.0 Å². The summed E-state index contributed by atoms with van der Waals surface area (Å²) >= 11 is 0. The van der Waals surface area contributed by atoms with Gasteiger partial charge in [-0.2, -0.15) is 8.42 Å². The number of para-hydroxylation sites is 1. The molecule has 1 saturated carbocycles. The second-order valence-corrected chi connectivity index (χ2v) is 7.70. The van der Waals surface area contributed by atoms with Gasteiger partial charge in [-0.3, -0.25) is 10.1 Å². The van der Waals surface area contributed by atoms with Crippen molar-refractivity contribution in [3.05, 3.63) is 69.8 Å². The second kappa shape index (κ2) is 5.66. The lowest BCUT2D eigenvalue weighted by atomic mass is 10.1. The summed E-state index contributed by atoms with van der Waals surface area (Å²) in [7, 11) is -3.71. The van der Waals surface area contributed by atoms with E-state index in [-0.39, 0.29) is 23.2 Å². The first-order chi connectivity index (χ1) is 12.0. The average Bonchev–Trinajstić information content (AvgIpc) is 3.39. The number of nitro groups is 1. The van der Waals surface area contributed by atoms with Crippen LogP contribution in [0.3, 0.4) is 0 Å². The lowest BCUT2D eigenvalue weighted by Gasteiger charge is -2.24. The molecule has 8 heteroatoms. The number of nitrogens with zero attached hydrogens (tertiary/aromatic N) is 3. The lowest BCUT2D eigenvalue weighted by Crippen LogP contribution is -2.32. The summed E-state index contributed by atoms with van der Waals surface area (Å²) in [6.45, 7) is 0.254. The molecule has 0 atom stereocenters. The third kappa shape index (κ3) is 2.78. The van der Waals surface area contributed by atoms with Crippen molar-refractivity contribution >= 4 is 21.5 Å². The highest BCUT2D eigenvalue weighted by Gasteiger charge is 2.38. The number of sulfonamides is 1. The Balaban J connectivity index is 1.77. The Morgan fingerprint density at radius 3 is 2.52 bits per heavy atom. The van der Waals surface area contributed by atoms with E-state index < -0.39 is 14.9 Å². The van der Waals surface area contributed by atoms with E-state index in [1.165, 1.54) is 12.1 Å². The summed E-state index contributed by atoms with van der Waals surface area (Å²) in [4.78, 5) is 12.9. The van der Waals surface area contributed by atoms with E-state index in [9.17, 15) is 18.5 Å². The van der Waals surface area contributed by atoms with Gasteiger partial charge in [-0.25, -0.2) is 0 Å². The van der Waals surface area contributed by atoms with Gasteiger partial charge in [-0.05, 0) is 25.0 Å². The molecule has 2 aliphatic rings. The molecular weight excluding hydrogens is 342 g/mol. The molecule has 0 bridgehead atoms. The zero-order valence-electron chi connectivity index (χ0n) is 13.2. The van der Waals surface area contributed by atoms with Crippen molar-refractivity contribution in [2.45, 2.75) is 30.3 Å². The minimum atomic E-state index is -3.71. The third-order valence-corrected chi connectivity index (χ3v) is 5.73. The fraction of sp³-hybridized carbons (Fsp3) is 0.235. The van der Waals surface area contributed by atoms with Crippen LogP contribution in [-0.2, 0) is 16.6 Å². The Kier molecular flexibility index (Phi) is 3.57. The van der Waals surface area contributed by atoms with Gasteiger partial charge < -0.3 is 4.90 Å². The van der Waals surface area contributed by atoms with Crippen molar-refractivity contribution in [1.29, 1.82) is 0 Å². The highest BCUT2D eigenvalue weighted by atomic mass is 32.2. The Morgan fingerprint density at radius 1 is 1.12 bits per heavy atom. The zero-order valence-corrected chi connectivity index (χ0v) is 14.0. The summed E-state index contributed by atoms with van der Waals surface area (Å²) in [6, 6.07) is 13.4. The predicted molar refractivity (Wildman–Crippen MR) is 91.8 cm³/mol. The molecule has 0 spiro atoms. The molecule has 0 aromatic heterocycles. The molecule has 4 rings (SSSR count). The molecule has 0 radical (unpaired) electrons. The van der Waals surface area contributed by atoms with E-state index in [4.69, 9.17) is 0 Å². The predicted octanol–water partition coefficient (Wildman–Crippen LogP) is 2.71. The molecule has 2 aromatic rings. The maximum Gasteiger partial charge on any atom is 0.285 e. The summed E-state index contributed by atoms with van der Waals surface area (Å²) in [6.07, 6.45) is 1.84. The van der Waals surface area contributed by atoms with E-state index in [1.54, 1.807) is 36.4 Å². The van der Waals surface area contributed by atoms with E-state index in [0.717, 1.165) is 12.8 Å². The first-order valence-electron chi connectivity index (χ1n) is 7.91. The SMILES string of the molecule is O=[N+]([O-])c1ccccc1CN(C1=NS(=O)(=O)c2ccccc21)C1CC1. The average molecular weight is 357 g/mol. The van der Waals surface area contributed by atoms with Crippen molar-refractivity contribution < 1.29 is 13.3 Å². The zero-order chi connectivity index (χ0) is 17.6. The van der Waals surface area contributed by atoms with Crippen LogP contribution >= 0.6 is 0 Å². The van der Waals surface area contributed by atoms with Gasteiger partial charge in [0, 0.05) is 23.2 Å². The normalized spacial score (nSPS) is 17.7. The van der Waals surface area contributed by atoms with Crippen LogP contribution in [0, 0.1) is 10.1 Å². The molecule has 128 valence electrons. The number of nitro benzene ring substituents is 1. The van der Waals surface area contributed by atoms with E-state index in [1.807, 2.05) is 4.90 Å². The maximum absolute atomic E-state index is 12.3. The second-order valence-electron chi connectivity index (χ2n) is 6.13. The molecule has 2 aromatic carbocycles. The maximum atomic E-state index is 12.3. The van der Waals surface area contributed by atoms with Crippen LogP contribution in [-0.4, -0.2) is 30.1 Å². The summed E-state index contributed by atoms with van der Waals surface area (Å²) < 4.78 is 28.6. The number of fused-ring (bicyclic) bond motifs is 1. The van der Waals surface area contributed by atoms with Crippen LogP contribution < -0.4 is 0 Å². The largest absolute Gasteiger partial charge is 0.348 e. The van der Waals surface area contributed by atoms with Crippen molar-refractivity contribution in [2.75, 3.05) is 0 Å². The van der Waals surface area contributed by atoms with E-state index in [0.29, 0.717) is 17.0 Å². The number of benzene rings is 2. The van der Waals surface area contributed by atoms with Gasteiger partial charge in [-0.1, -0.05) is 30.3 Å². The number of hydrogen-bond acceptors (Lipinski definition) is 5. The van der Waals surface area contributed by atoms with Crippen LogP contribution in [0.4, 0.5) is 5.69 Å². The van der Waals surface area contributed by atoms with Crippen LogP contribution in [0.5, 0.6) is 0 Å². The Hall–Kier alpha value is -2.74. The quantitative estimate of drug-likeness (QED) is 0.619. The first-order valence-corrected chi connectivity index (χ1v) is 9.35. The van der Waals surface area contributed by atoms with Gasteiger partial charge in [0.25, 0.3) is 15.7 Å². The molecule has 0 N–H and O–H groups in total. The molecule has 1 fully saturated rings. The molecule has 1 aliphatic heterocycles. The Morgan fingerprint density at radius 2 is 1.80 bits per heavy atom. The van der Waals surface area contributed by atoms with Crippen molar-refractivity contribution in [2.24, 2.45) is 4.40 Å². The fourth-order valence-corrected chi connectivity index (χ4v) is 4.28. The monoisotopic (exact) mass is 357 g/mol. The molecule has 0 saturated heterocycles. The van der Waals surface area contributed by atoms with Crippen molar-refractivity contribution in [1.82, 2.24) is 4.90 Å². The number of rotatable bonds is 4. The van der Waals surface area contributed by atoms with Gasteiger partial charge in [0.05, 0.1) is 11.5 Å². The van der Waals surface area contributed by atoms with Gasteiger partial charge >= 0.3 is 0 Å². The topological polar surface area (TPSA) is 92.9 Å². The lowest BCUT2D eigenvalue weighted by molar-refractivity contribution is -0.385. The first kappa shape index (κ1) is 15.8. The van der Waals surface area contributed by atoms with Crippen LogP contribution in [0.2, 0.25) is 0 Å². The van der Waals surface area contributed by atoms with Gasteiger partial charge in [0.2, 0.25) is 0 Å². The highest BCUT2D eigenvalue weighted by Crippen LogP contribution is 2.36. The molecular formula is C17H15N3O4S. The molecule has 1 heterocycles. The summed E-state index contributed by atoms with van der Waals surface area (Å²) in [5.41, 5.74) is 1.14. The summed E-state index contributed by atoms with van der Waals surface area (Å²) in [5.74, 6) is 0.385. The number of hydrogen-bond donors (Lipinski definition) is 0. The number of amidine groups is 1. The summed E-state index contributed by atoms with van der Waals surface area (Å²) in [5, 5.41) is 11.3. The van der Waals surface area contributed by atoms with Gasteiger partial charge in [0.15, 0.2) is 5.84 Å². The van der Waals surface area contributed by atoms with Crippen LogP contribution in [0.15, 0.2) is 57.8 Å².